The molecule has 0 bridgehead atoms. The van der Waals surface area contributed by atoms with Gasteiger partial charge in [-0.2, -0.15) is 13.2 Å². The van der Waals surface area contributed by atoms with E-state index in [2.05, 4.69) is 10.2 Å². The van der Waals surface area contributed by atoms with Crippen molar-refractivity contribution in [3.05, 3.63) is 65.2 Å². The molecule has 0 saturated carbocycles. The Morgan fingerprint density at radius 2 is 1.55 bits per heavy atom. The predicted molar refractivity (Wildman–Crippen MR) is 165 cm³/mol. The molecular formula is C34H42F3N3O7. The number of alkyl halides is 3. The third-order valence-electron chi connectivity index (χ3n) is 8.60. The summed E-state index contributed by atoms with van der Waals surface area (Å²) in [7, 11) is 0. The number of aliphatic hydroxyl groups is 1. The van der Waals surface area contributed by atoms with Crippen LogP contribution >= 0.6 is 0 Å². The van der Waals surface area contributed by atoms with E-state index in [4.69, 9.17) is 14.2 Å². The van der Waals surface area contributed by atoms with Gasteiger partial charge in [-0.1, -0.05) is 36.4 Å². The van der Waals surface area contributed by atoms with Crippen LogP contribution in [0.5, 0.6) is 0 Å². The molecule has 0 radical (unpaired) electrons. The lowest BCUT2D eigenvalue weighted by Crippen LogP contribution is -2.48. The van der Waals surface area contributed by atoms with Crippen LogP contribution in [0.3, 0.4) is 0 Å². The van der Waals surface area contributed by atoms with Gasteiger partial charge in [0.25, 0.3) is 0 Å². The summed E-state index contributed by atoms with van der Waals surface area (Å²) in [6, 6.07) is 12.5. The molecule has 0 spiro atoms. The Hall–Kier alpha value is -3.52. The van der Waals surface area contributed by atoms with Crippen LogP contribution in [0.2, 0.25) is 0 Å². The standard InChI is InChI=1S/C34H42F3N3O7/c1-33(2,3)47-30(43)27-7-4-16-39(27)19-25-18-28(22-10-8-21(20-41)9-11-22)46-31(45-25)23-12-14-24(15-13-23)38-29(42)26-6-5-17-40(26)32(44)34(35,36)37/h8-15,25-28,31,41H,4-7,16-20H2,1-3H3,(H,38,42)/t25-,26-,27-,28+,31+/m0/s1. The molecule has 3 fully saturated rings. The van der Waals surface area contributed by atoms with Gasteiger partial charge in [0, 0.05) is 30.8 Å². The summed E-state index contributed by atoms with van der Waals surface area (Å²) in [5.74, 6) is -2.95. The first kappa shape index (κ1) is 34.8. The Labute approximate surface area is 272 Å². The van der Waals surface area contributed by atoms with Gasteiger partial charge in [0.15, 0.2) is 6.29 Å². The first-order valence-corrected chi connectivity index (χ1v) is 16.0. The Morgan fingerprint density at radius 3 is 2.19 bits per heavy atom. The van der Waals surface area contributed by atoms with Gasteiger partial charge in [-0.25, -0.2) is 0 Å². The summed E-state index contributed by atoms with van der Waals surface area (Å²) >= 11 is 0. The molecule has 3 aliphatic rings. The Bertz CT molecular complexity index is 1410. The van der Waals surface area contributed by atoms with Crippen LogP contribution in [-0.4, -0.2) is 82.3 Å². The number of amides is 2. The van der Waals surface area contributed by atoms with E-state index in [0.29, 0.717) is 42.0 Å². The molecule has 2 aromatic rings. The van der Waals surface area contributed by atoms with E-state index in [9.17, 15) is 32.7 Å². The van der Waals surface area contributed by atoms with Crippen LogP contribution < -0.4 is 5.32 Å². The largest absolute Gasteiger partial charge is 0.471 e. The third-order valence-corrected chi connectivity index (χ3v) is 8.60. The molecule has 2 amide bonds. The average Bonchev–Trinajstić information content (AvgIpc) is 3.70. The molecule has 3 saturated heterocycles. The minimum atomic E-state index is -5.05. The molecule has 0 aromatic heterocycles. The van der Waals surface area contributed by atoms with Gasteiger partial charge >= 0.3 is 18.1 Å². The summed E-state index contributed by atoms with van der Waals surface area (Å²) in [5.41, 5.74) is 2.09. The first-order chi connectivity index (χ1) is 22.2. The molecule has 3 heterocycles. The number of nitrogens with one attached hydrogen (secondary N) is 1. The number of rotatable bonds is 8. The highest BCUT2D eigenvalue weighted by atomic mass is 19.4. The predicted octanol–water partition coefficient (Wildman–Crippen LogP) is 5.02. The van der Waals surface area contributed by atoms with Gasteiger partial charge in [-0.15, -0.1) is 0 Å². The van der Waals surface area contributed by atoms with Gasteiger partial charge in [0.05, 0.1) is 18.8 Å². The van der Waals surface area contributed by atoms with Crippen molar-refractivity contribution in [1.82, 2.24) is 9.80 Å². The van der Waals surface area contributed by atoms with E-state index in [0.717, 1.165) is 24.1 Å². The normalized spacial score (nSPS) is 25.5. The number of carbonyl (C=O) groups excluding carboxylic acids is 3. The molecule has 13 heteroatoms. The van der Waals surface area contributed by atoms with E-state index >= 15 is 0 Å². The highest BCUT2D eigenvalue weighted by Crippen LogP contribution is 2.39. The second-order valence-electron chi connectivity index (χ2n) is 13.3. The number of ether oxygens (including phenoxy) is 3. The summed E-state index contributed by atoms with van der Waals surface area (Å²) in [4.78, 5) is 40.3. The van der Waals surface area contributed by atoms with Crippen LogP contribution in [-0.2, 0) is 35.2 Å². The Balaban J connectivity index is 1.30. The summed E-state index contributed by atoms with van der Waals surface area (Å²) in [5, 5.41) is 12.1. The topological polar surface area (TPSA) is 118 Å². The van der Waals surface area contributed by atoms with Crippen molar-refractivity contribution in [1.29, 1.82) is 0 Å². The van der Waals surface area contributed by atoms with Crippen molar-refractivity contribution in [2.75, 3.05) is 25.0 Å². The van der Waals surface area contributed by atoms with Gasteiger partial charge in [0.1, 0.15) is 17.7 Å². The van der Waals surface area contributed by atoms with E-state index in [1.807, 2.05) is 45.0 Å². The maximum atomic E-state index is 13.0. The maximum Gasteiger partial charge on any atom is 0.471 e. The van der Waals surface area contributed by atoms with E-state index in [-0.39, 0.29) is 43.8 Å². The number of halogens is 3. The molecule has 47 heavy (non-hydrogen) atoms. The summed E-state index contributed by atoms with van der Waals surface area (Å²) < 4.78 is 57.6. The fourth-order valence-electron chi connectivity index (χ4n) is 6.37. The second kappa shape index (κ2) is 14.3. The molecule has 2 N–H and O–H groups in total. The van der Waals surface area contributed by atoms with Crippen molar-refractivity contribution in [2.24, 2.45) is 0 Å². The van der Waals surface area contributed by atoms with Crippen molar-refractivity contribution in [3.8, 4) is 0 Å². The Kier molecular flexibility index (Phi) is 10.6. The number of likely N-dealkylation sites (tertiary alicyclic amines) is 2. The summed E-state index contributed by atoms with van der Waals surface area (Å²) in [6.45, 7) is 6.53. The number of anilines is 1. The zero-order chi connectivity index (χ0) is 33.9. The Morgan fingerprint density at radius 1 is 0.915 bits per heavy atom. The van der Waals surface area contributed by atoms with E-state index < -0.39 is 35.9 Å². The van der Waals surface area contributed by atoms with Crippen molar-refractivity contribution < 1.29 is 46.9 Å². The summed E-state index contributed by atoms with van der Waals surface area (Å²) in [6.07, 6.45) is -3.98. The molecular weight excluding hydrogens is 619 g/mol. The van der Waals surface area contributed by atoms with E-state index in [1.165, 1.54) is 0 Å². The SMILES string of the molecule is CC(C)(C)OC(=O)[C@@H]1CCCN1C[C@@H]1C[C@H](c2ccc(CO)cc2)O[C@H](c2ccc(NC(=O)[C@@H]3CCCN3C(=O)C(F)(F)F)cc2)O1. The monoisotopic (exact) mass is 661 g/mol. The highest BCUT2D eigenvalue weighted by molar-refractivity contribution is 5.98. The molecule has 2 aromatic carbocycles. The fraction of sp³-hybridized carbons (Fsp3) is 0.559. The fourth-order valence-corrected chi connectivity index (χ4v) is 6.37. The number of hydrogen-bond donors (Lipinski definition) is 2. The number of nitrogens with zero attached hydrogens (tertiary/aromatic N) is 2. The zero-order valence-corrected chi connectivity index (χ0v) is 26.8. The molecule has 0 unspecified atom stereocenters. The second-order valence-corrected chi connectivity index (χ2v) is 13.3. The lowest BCUT2D eigenvalue weighted by Gasteiger charge is -2.38. The van der Waals surface area contributed by atoms with E-state index in [1.54, 1.807) is 24.3 Å². The number of benzene rings is 2. The number of aliphatic hydroxyl groups excluding tert-OH is 1. The van der Waals surface area contributed by atoms with Crippen LogP contribution in [0.25, 0.3) is 0 Å². The zero-order valence-electron chi connectivity index (χ0n) is 26.8. The average molecular weight is 662 g/mol. The lowest BCUT2D eigenvalue weighted by atomic mass is 9.99. The highest BCUT2D eigenvalue weighted by Gasteiger charge is 2.47. The van der Waals surface area contributed by atoms with Gasteiger partial charge in [-0.05, 0) is 76.3 Å². The number of hydrogen-bond acceptors (Lipinski definition) is 8. The van der Waals surface area contributed by atoms with Crippen molar-refractivity contribution in [2.45, 2.75) is 102 Å². The minimum absolute atomic E-state index is 0.0819. The van der Waals surface area contributed by atoms with Crippen molar-refractivity contribution >= 4 is 23.5 Å². The lowest BCUT2D eigenvalue weighted by molar-refractivity contribution is -0.253. The van der Waals surface area contributed by atoms with Crippen LogP contribution in [0.4, 0.5) is 18.9 Å². The molecule has 5 atom stereocenters. The molecule has 3 aliphatic heterocycles. The molecule has 256 valence electrons. The first-order valence-electron chi connectivity index (χ1n) is 16.0. The van der Waals surface area contributed by atoms with Gasteiger partial charge in [0.2, 0.25) is 5.91 Å². The minimum Gasteiger partial charge on any atom is -0.459 e. The van der Waals surface area contributed by atoms with Crippen molar-refractivity contribution in [3.63, 3.8) is 0 Å². The maximum absolute atomic E-state index is 13.0. The van der Waals surface area contributed by atoms with Gasteiger partial charge < -0.3 is 29.5 Å². The number of carbonyl (C=O) groups is 3. The van der Waals surface area contributed by atoms with Crippen LogP contribution in [0.15, 0.2) is 48.5 Å². The third kappa shape index (κ3) is 8.69. The van der Waals surface area contributed by atoms with Crippen LogP contribution in [0, 0.1) is 0 Å². The molecule has 5 rings (SSSR count). The molecule has 10 nitrogen and oxygen atoms in total. The number of esters is 1. The molecule has 0 aliphatic carbocycles. The van der Waals surface area contributed by atoms with Crippen LogP contribution in [0.1, 0.15) is 82.0 Å². The smallest absolute Gasteiger partial charge is 0.459 e. The van der Waals surface area contributed by atoms with Gasteiger partial charge in [-0.3, -0.25) is 19.3 Å². The quantitative estimate of drug-likeness (QED) is 0.379.